The zero-order chi connectivity index (χ0) is 20.5. The highest BCUT2D eigenvalue weighted by Gasteiger charge is 2.37. The summed E-state index contributed by atoms with van der Waals surface area (Å²) in [6.45, 7) is 0.780. The lowest BCUT2D eigenvalue weighted by Crippen LogP contribution is -2.37. The van der Waals surface area contributed by atoms with Crippen molar-refractivity contribution in [3.63, 3.8) is 0 Å². The first-order chi connectivity index (χ1) is 14.0. The van der Waals surface area contributed by atoms with Crippen LogP contribution in [-0.4, -0.2) is 32.1 Å². The topological polar surface area (TPSA) is 67.9 Å². The number of hydrogen-bond acceptors (Lipinski definition) is 4. The minimum absolute atomic E-state index is 0.132. The van der Waals surface area contributed by atoms with Gasteiger partial charge in [-0.2, -0.15) is 0 Å². The van der Waals surface area contributed by atoms with Crippen molar-refractivity contribution in [1.29, 1.82) is 0 Å². The van der Waals surface area contributed by atoms with E-state index in [-0.39, 0.29) is 30.8 Å². The van der Waals surface area contributed by atoms with Crippen molar-refractivity contribution in [3.8, 4) is 11.5 Å². The van der Waals surface area contributed by atoms with E-state index >= 15 is 0 Å². The molecular formula is C21H20Cl2N2O4. The number of ether oxygens (including phenoxy) is 2. The molecule has 0 aliphatic carbocycles. The fourth-order valence-electron chi connectivity index (χ4n) is 3.79. The van der Waals surface area contributed by atoms with Gasteiger partial charge < -0.3 is 19.7 Å². The van der Waals surface area contributed by atoms with Gasteiger partial charge in [0.25, 0.3) is 0 Å². The predicted molar refractivity (Wildman–Crippen MR) is 111 cm³/mol. The molecule has 0 radical (unpaired) electrons. The first-order valence-corrected chi connectivity index (χ1v) is 10.1. The average molecular weight is 435 g/mol. The van der Waals surface area contributed by atoms with E-state index < -0.39 is 5.92 Å². The fraction of sp³-hybridized carbons (Fsp3) is 0.333. The van der Waals surface area contributed by atoms with Crippen molar-refractivity contribution in [3.05, 3.63) is 52.0 Å². The summed E-state index contributed by atoms with van der Waals surface area (Å²) >= 11 is 12.2. The summed E-state index contributed by atoms with van der Waals surface area (Å²) < 4.78 is 11.0. The number of benzene rings is 2. The van der Waals surface area contributed by atoms with Crippen LogP contribution in [0, 0.1) is 5.92 Å². The molecule has 6 nitrogen and oxygen atoms in total. The van der Waals surface area contributed by atoms with E-state index in [1.54, 1.807) is 29.2 Å². The predicted octanol–water partition coefficient (Wildman–Crippen LogP) is 3.99. The molecule has 2 aliphatic rings. The van der Waals surface area contributed by atoms with Crippen molar-refractivity contribution in [2.75, 3.05) is 25.2 Å². The maximum Gasteiger partial charge on any atom is 0.227 e. The number of amides is 2. The SMILES string of the molecule is COc1ccc(Cl)cc1N1CC(C(=O)NC2CCOc3ccc(Cl)cc32)CC1=O. The minimum atomic E-state index is -0.461. The zero-order valence-corrected chi connectivity index (χ0v) is 17.3. The molecule has 1 N–H and O–H groups in total. The highest BCUT2D eigenvalue weighted by Crippen LogP contribution is 2.37. The van der Waals surface area contributed by atoms with Crippen LogP contribution in [0.4, 0.5) is 5.69 Å². The minimum Gasteiger partial charge on any atom is -0.495 e. The number of fused-ring (bicyclic) bond motifs is 1. The molecule has 2 atom stereocenters. The van der Waals surface area contributed by atoms with Crippen LogP contribution in [0.5, 0.6) is 11.5 Å². The maximum atomic E-state index is 12.9. The summed E-state index contributed by atoms with van der Waals surface area (Å²) in [5.74, 6) is 0.494. The van der Waals surface area contributed by atoms with Gasteiger partial charge in [0.05, 0.1) is 31.4 Å². The van der Waals surface area contributed by atoms with Crippen molar-refractivity contribution in [2.45, 2.75) is 18.9 Å². The number of carbonyl (C=O) groups is 2. The zero-order valence-electron chi connectivity index (χ0n) is 15.8. The summed E-state index contributed by atoms with van der Waals surface area (Å²) in [4.78, 5) is 27.1. The molecular weight excluding hydrogens is 415 g/mol. The van der Waals surface area contributed by atoms with Crippen LogP contribution < -0.4 is 19.7 Å². The van der Waals surface area contributed by atoms with E-state index in [9.17, 15) is 9.59 Å². The Hall–Kier alpha value is -2.44. The van der Waals surface area contributed by atoms with Crippen LogP contribution in [0.1, 0.15) is 24.4 Å². The molecule has 2 heterocycles. The van der Waals surface area contributed by atoms with E-state index in [2.05, 4.69) is 5.32 Å². The quantitative estimate of drug-likeness (QED) is 0.789. The molecule has 2 unspecified atom stereocenters. The molecule has 0 spiro atoms. The highest BCUT2D eigenvalue weighted by molar-refractivity contribution is 6.31. The first-order valence-electron chi connectivity index (χ1n) is 9.33. The number of anilines is 1. The Bertz CT molecular complexity index is 966. The van der Waals surface area contributed by atoms with Crippen LogP contribution in [0.3, 0.4) is 0 Å². The molecule has 1 fully saturated rings. The maximum absolute atomic E-state index is 12.9. The average Bonchev–Trinajstić information content (AvgIpc) is 3.10. The Morgan fingerprint density at radius 3 is 2.76 bits per heavy atom. The van der Waals surface area contributed by atoms with Gasteiger partial charge in [0, 0.05) is 35.0 Å². The van der Waals surface area contributed by atoms with Crippen molar-refractivity contribution in [2.24, 2.45) is 5.92 Å². The molecule has 0 bridgehead atoms. The van der Waals surface area contributed by atoms with Crippen LogP contribution in [0.2, 0.25) is 10.0 Å². The molecule has 2 aromatic rings. The van der Waals surface area contributed by atoms with Gasteiger partial charge in [-0.1, -0.05) is 23.2 Å². The second kappa shape index (κ2) is 8.13. The highest BCUT2D eigenvalue weighted by atomic mass is 35.5. The molecule has 0 aromatic heterocycles. The number of rotatable bonds is 4. The van der Waals surface area contributed by atoms with Crippen molar-refractivity contribution < 1.29 is 19.1 Å². The second-order valence-corrected chi connectivity index (χ2v) is 7.97. The lowest BCUT2D eigenvalue weighted by molar-refractivity contribution is -0.127. The van der Waals surface area contributed by atoms with Crippen LogP contribution in [-0.2, 0) is 9.59 Å². The molecule has 29 heavy (non-hydrogen) atoms. The molecule has 2 aromatic carbocycles. The van der Waals surface area contributed by atoms with Gasteiger partial charge in [0.1, 0.15) is 11.5 Å². The fourth-order valence-corrected chi connectivity index (χ4v) is 4.14. The molecule has 4 rings (SSSR count). The van der Waals surface area contributed by atoms with Gasteiger partial charge in [-0.25, -0.2) is 0 Å². The molecule has 2 amide bonds. The Balaban J connectivity index is 1.50. The first kappa shape index (κ1) is 19.9. The van der Waals surface area contributed by atoms with Crippen LogP contribution in [0.15, 0.2) is 36.4 Å². The van der Waals surface area contributed by atoms with E-state index in [1.807, 2.05) is 12.1 Å². The molecule has 152 valence electrons. The van der Waals surface area contributed by atoms with Crippen LogP contribution >= 0.6 is 23.2 Å². The van der Waals surface area contributed by atoms with Gasteiger partial charge in [0.2, 0.25) is 11.8 Å². The van der Waals surface area contributed by atoms with E-state index in [0.29, 0.717) is 34.5 Å². The Morgan fingerprint density at radius 2 is 1.97 bits per heavy atom. The Labute approximate surface area is 178 Å². The smallest absolute Gasteiger partial charge is 0.227 e. The third-order valence-electron chi connectivity index (χ3n) is 5.26. The van der Waals surface area contributed by atoms with E-state index in [4.69, 9.17) is 32.7 Å². The summed E-state index contributed by atoms with van der Waals surface area (Å²) in [6, 6.07) is 10.3. The molecule has 8 heteroatoms. The lowest BCUT2D eigenvalue weighted by atomic mass is 9.99. The third kappa shape index (κ3) is 4.00. The molecule has 1 saturated heterocycles. The van der Waals surface area contributed by atoms with Gasteiger partial charge in [-0.05, 0) is 36.4 Å². The summed E-state index contributed by atoms with van der Waals surface area (Å²) in [6.07, 6.45) is 0.776. The third-order valence-corrected chi connectivity index (χ3v) is 5.73. The number of carbonyl (C=O) groups excluding carboxylic acids is 2. The number of hydrogen-bond donors (Lipinski definition) is 1. The molecule has 2 aliphatic heterocycles. The monoisotopic (exact) mass is 434 g/mol. The number of nitrogens with one attached hydrogen (secondary N) is 1. The summed E-state index contributed by atoms with van der Waals surface area (Å²) in [7, 11) is 1.53. The molecule has 0 saturated carbocycles. The van der Waals surface area contributed by atoms with Gasteiger partial charge in [0.15, 0.2) is 0 Å². The second-order valence-electron chi connectivity index (χ2n) is 7.10. The summed E-state index contributed by atoms with van der Waals surface area (Å²) in [5.41, 5.74) is 1.43. The largest absolute Gasteiger partial charge is 0.495 e. The van der Waals surface area contributed by atoms with Crippen LogP contribution in [0.25, 0.3) is 0 Å². The van der Waals surface area contributed by atoms with Crippen molar-refractivity contribution >= 4 is 40.7 Å². The van der Waals surface area contributed by atoms with Gasteiger partial charge >= 0.3 is 0 Å². The van der Waals surface area contributed by atoms with Gasteiger partial charge in [-0.3, -0.25) is 9.59 Å². The van der Waals surface area contributed by atoms with Gasteiger partial charge in [-0.15, -0.1) is 0 Å². The number of halogens is 2. The number of methoxy groups -OCH3 is 1. The Kier molecular flexibility index (Phi) is 5.56. The standard InChI is InChI=1S/C21H20Cl2N2O4/c1-28-19-5-3-14(23)10-17(19)25-11-12(8-20(25)26)21(27)24-16-6-7-29-18-4-2-13(22)9-15(16)18/h2-5,9-10,12,16H,6-8,11H2,1H3,(H,24,27). The lowest BCUT2D eigenvalue weighted by Gasteiger charge is -2.28. The number of nitrogens with zero attached hydrogens (tertiary/aromatic N) is 1. The van der Waals surface area contributed by atoms with E-state index in [1.165, 1.54) is 7.11 Å². The van der Waals surface area contributed by atoms with E-state index in [0.717, 1.165) is 11.3 Å². The normalized spacial score (nSPS) is 20.8. The Morgan fingerprint density at radius 1 is 1.21 bits per heavy atom. The van der Waals surface area contributed by atoms with Crippen molar-refractivity contribution in [1.82, 2.24) is 5.32 Å². The summed E-state index contributed by atoms with van der Waals surface area (Å²) in [5, 5.41) is 4.15.